The van der Waals surface area contributed by atoms with Crippen LogP contribution in [0.15, 0.2) is 82.3 Å². The van der Waals surface area contributed by atoms with E-state index >= 15 is 0 Å². The smallest absolute Gasteiger partial charge is 0.246 e. The van der Waals surface area contributed by atoms with Crippen molar-refractivity contribution in [3.8, 4) is 0 Å². The van der Waals surface area contributed by atoms with Crippen LogP contribution in [0.3, 0.4) is 0 Å². The van der Waals surface area contributed by atoms with Crippen LogP contribution in [0.2, 0.25) is 0 Å². The molecule has 0 unspecified atom stereocenters. The second-order valence-corrected chi connectivity index (χ2v) is 10.1. The van der Waals surface area contributed by atoms with E-state index in [2.05, 4.69) is 21.8 Å². The summed E-state index contributed by atoms with van der Waals surface area (Å²) in [5, 5.41) is 0. The van der Waals surface area contributed by atoms with Crippen molar-refractivity contribution in [2.75, 3.05) is 25.0 Å². The van der Waals surface area contributed by atoms with Gasteiger partial charge in [-0.05, 0) is 60.4 Å². The van der Waals surface area contributed by atoms with Gasteiger partial charge in [-0.2, -0.15) is 0 Å². The van der Waals surface area contributed by atoms with Gasteiger partial charge in [-0.1, -0.05) is 30.3 Å². The maximum absolute atomic E-state index is 12.7. The molecule has 178 valence electrons. The lowest BCUT2D eigenvalue weighted by Gasteiger charge is -2.24. The first kappa shape index (κ1) is 23.8. The van der Waals surface area contributed by atoms with E-state index in [-0.39, 0.29) is 17.3 Å². The summed E-state index contributed by atoms with van der Waals surface area (Å²) in [4.78, 5) is 16.9. The van der Waals surface area contributed by atoms with Crippen molar-refractivity contribution in [1.82, 2.24) is 9.62 Å². The van der Waals surface area contributed by atoms with Gasteiger partial charge in [0.1, 0.15) is 5.76 Å². The zero-order valence-corrected chi connectivity index (χ0v) is 20.0. The normalized spacial score (nSPS) is 14.1. The summed E-state index contributed by atoms with van der Waals surface area (Å²) in [5.41, 5.74) is 3.07. The molecule has 8 heteroatoms. The summed E-state index contributed by atoms with van der Waals surface area (Å²) in [5.74, 6) is 0.418. The van der Waals surface area contributed by atoms with Crippen LogP contribution in [0.5, 0.6) is 0 Å². The van der Waals surface area contributed by atoms with E-state index in [0.29, 0.717) is 12.3 Å². The van der Waals surface area contributed by atoms with Crippen LogP contribution in [-0.4, -0.2) is 39.4 Å². The third-order valence-electron chi connectivity index (χ3n) is 5.85. The van der Waals surface area contributed by atoms with E-state index in [9.17, 15) is 13.2 Å². The van der Waals surface area contributed by atoms with Gasteiger partial charge in [-0.15, -0.1) is 0 Å². The van der Waals surface area contributed by atoms with Crippen LogP contribution in [0.25, 0.3) is 6.08 Å². The van der Waals surface area contributed by atoms with Gasteiger partial charge in [0.15, 0.2) is 0 Å². The average Bonchev–Trinajstić information content (AvgIpc) is 3.56. The second kappa shape index (κ2) is 10.7. The third kappa shape index (κ3) is 5.95. The fourth-order valence-electron chi connectivity index (χ4n) is 3.96. The Morgan fingerprint density at radius 3 is 2.50 bits per heavy atom. The lowest BCUT2D eigenvalue weighted by Crippen LogP contribution is -2.26. The monoisotopic (exact) mass is 479 g/mol. The fraction of sp³-hybridized carbons (Fsp3) is 0.269. The molecule has 1 aliphatic heterocycles. The highest BCUT2D eigenvalue weighted by molar-refractivity contribution is 7.89. The minimum absolute atomic E-state index is 0.0821. The summed E-state index contributed by atoms with van der Waals surface area (Å²) < 4.78 is 32.6. The summed E-state index contributed by atoms with van der Waals surface area (Å²) >= 11 is 0. The highest BCUT2D eigenvalue weighted by Gasteiger charge is 2.17. The number of nitrogens with zero attached hydrogens (tertiary/aromatic N) is 2. The van der Waals surface area contributed by atoms with Crippen molar-refractivity contribution >= 4 is 27.7 Å². The van der Waals surface area contributed by atoms with Crippen molar-refractivity contribution < 1.29 is 17.6 Å². The number of carbonyl (C=O) groups is 1. The number of benzene rings is 2. The number of hydrogen-bond donors (Lipinski definition) is 1. The van der Waals surface area contributed by atoms with Crippen molar-refractivity contribution in [3.05, 3.63) is 89.9 Å². The molecule has 1 amide bonds. The molecule has 2 heterocycles. The van der Waals surface area contributed by atoms with E-state index in [0.717, 1.165) is 24.2 Å². The molecule has 0 spiro atoms. The molecule has 0 bridgehead atoms. The molecule has 34 heavy (non-hydrogen) atoms. The average molecular weight is 480 g/mol. The van der Waals surface area contributed by atoms with Gasteiger partial charge in [-0.25, -0.2) is 13.1 Å². The second-order valence-electron chi connectivity index (χ2n) is 8.32. The van der Waals surface area contributed by atoms with E-state index in [1.54, 1.807) is 42.3 Å². The number of carbonyl (C=O) groups excluding carboxylic acids is 1. The molecule has 1 aromatic heterocycles. The molecule has 0 atom stereocenters. The van der Waals surface area contributed by atoms with Crippen LogP contribution >= 0.6 is 0 Å². The molecular formula is C26H29N3O4S. The topological polar surface area (TPSA) is 82.9 Å². The first-order valence-electron chi connectivity index (χ1n) is 11.3. The highest BCUT2D eigenvalue weighted by Crippen LogP contribution is 2.25. The van der Waals surface area contributed by atoms with Gasteiger partial charge >= 0.3 is 0 Å². The lowest BCUT2D eigenvalue weighted by atomic mass is 10.1. The molecule has 1 N–H and O–H groups in total. The maximum Gasteiger partial charge on any atom is 0.246 e. The third-order valence-corrected chi connectivity index (χ3v) is 7.26. The van der Waals surface area contributed by atoms with Crippen LogP contribution in [0, 0.1) is 0 Å². The number of anilines is 1. The van der Waals surface area contributed by atoms with Crippen molar-refractivity contribution in [1.29, 1.82) is 0 Å². The molecule has 7 nitrogen and oxygen atoms in total. The first-order chi connectivity index (χ1) is 16.4. The first-order valence-corrected chi connectivity index (χ1v) is 12.8. The lowest BCUT2D eigenvalue weighted by molar-refractivity contribution is -0.125. The van der Waals surface area contributed by atoms with Gasteiger partial charge in [-0.3, -0.25) is 4.79 Å². The number of para-hydroxylation sites is 1. The minimum Gasteiger partial charge on any atom is -0.468 e. The standard InChI is InChI=1S/C26H29N3O4S/c1-28(20-22-7-2-3-9-25(22)29-16-4-5-17-29)26(30)15-12-21-10-13-24(14-11-21)34(31,32)27-19-23-8-6-18-33-23/h2-3,6-15,18,27H,4-5,16-17,19-20H2,1H3. The number of hydrogen-bond acceptors (Lipinski definition) is 5. The largest absolute Gasteiger partial charge is 0.468 e. The SMILES string of the molecule is CN(Cc1ccccc1N1CCCC1)C(=O)C=Cc1ccc(S(=O)(=O)NCc2ccco2)cc1. The molecule has 1 aliphatic rings. The molecule has 1 saturated heterocycles. The van der Waals surface area contributed by atoms with Crippen LogP contribution in [-0.2, 0) is 27.9 Å². The fourth-order valence-corrected chi connectivity index (χ4v) is 4.95. The Kier molecular flexibility index (Phi) is 7.49. The van der Waals surface area contributed by atoms with Gasteiger partial charge in [0.2, 0.25) is 15.9 Å². The summed E-state index contributed by atoms with van der Waals surface area (Å²) in [6.45, 7) is 2.71. The Morgan fingerprint density at radius 2 is 1.79 bits per heavy atom. The number of furan rings is 1. The molecule has 3 aromatic rings. The van der Waals surface area contributed by atoms with Gasteiger partial charge in [0.25, 0.3) is 0 Å². The van der Waals surface area contributed by atoms with Crippen LogP contribution in [0.1, 0.15) is 29.7 Å². The van der Waals surface area contributed by atoms with Crippen LogP contribution in [0.4, 0.5) is 5.69 Å². The zero-order valence-electron chi connectivity index (χ0n) is 19.2. The predicted molar refractivity (Wildman–Crippen MR) is 133 cm³/mol. The Labute approximate surface area is 200 Å². The number of sulfonamides is 1. The molecule has 0 saturated carbocycles. The van der Waals surface area contributed by atoms with Gasteiger partial charge in [0, 0.05) is 38.4 Å². The highest BCUT2D eigenvalue weighted by atomic mass is 32.2. The molecule has 0 radical (unpaired) electrons. The quantitative estimate of drug-likeness (QED) is 0.469. The number of likely N-dealkylation sites (N-methyl/N-ethyl adjacent to an activating group) is 1. The zero-order chi connectivity index (χ0) is 24.0. The number of amides is 1. The Hall–Kier alpha value is -3.36. The Bertz CT molecular complexity index is 1230. The van der Waals surface area contributed by atoms with Gasteiger partial charge < -0.3 is 14.2 Å². The molecule has 2 aromatic carbocycles. The molecule has 0 aliphatic carbocycles. The van der Waals surface area contributed by atoms with Crippen molar-refractivity contribution in [3.63, 3.8) is 0 Å². The summed E-state index contributed by atoms with van der Waals surface area (Å²) in [7, 11) is -1.87. The van der Waals surface area contributed by atoms with Crippen LogP contribution < -0.4 is 9.62 Å². The van der Waals surface area contributed by atoms with Crippen molar-refractivity contribution in [2.45, 2.75) is 30.8 Å². The molecule has 4 rings (SSSR count). The van der Waals surface area contributed by atoms with Crippen molar-refractivity contribution in [2.24, 2.45) is 0 Å². The Morgan fingerprint density at radius 1 is 1.06 bits per heavy atom. The summed E-state index contributed by atoms with van der Waals surface area (Å²) in [6, 6.07) is 18.0. The van der Waals surface area contributed by atoms with E-state index in [1.807, 2.05) is 12.1 Å². The predicted octanol–water partition coefficient (Wildman–Crippen LogP) is 4.03. The van der Waals surface area contributed by atoms with E-state index in [1.165, 1.54) is 43.0 Å². The van der Waals surface area contributed by atoms with Gasteiger partial charge in [0.05, 0.1) is 17.7 Å². The number of nitrogens with one attached hydrogen (secondary N) is 1. The van der Waals surface area contributed by atoms with E-state index in [4.69, 9.17) is 4.42 Å². The molecule has 1 fully saturated rings. The molecular weight excluding hydrogens is 450 g/mol. The minimum atomic E-state index is -3.66. The Balaban J connectivity index is 1.35. The maximum atomic E-state index is 12.7. The number of rotatable bonds is 9. The van der Waals surface area contributed by atoms with E-state index < -0.39 is 10.0 Å². The summed E-state index contributed by atoms with van der Waals surface area (Å²) in [6.07, 6.45) is 7.10.